The summed E-state index contributed by atoms with van der Waals surface area (Å²) in [6, 6.07) is 7.65. The number of fused-ring (bicyclic) bond motifs is 1. The Hall–Kier alpha value is -3.52. The highest BCUT2D eigenvalue weighted by Crippen LogP contribution is 2.31. The van der Waals surface area contributed by atoms with Gasteiger partial charge in [0.2, 0.25) is 0 Å². The van der Waals surface area contributed by atoms with E-state index in [0.29, 0.717) is 18.7 Å². The molecule has 1 fully saturated rings. The van der Waals surface area contributed by atoms with Gasteiger partial charge in [0.25, 0.3) is 15.9 Å². The van der Waals surface area contributed by atoms with Crippen LogP contribution in [0.2, 0.25) is 0 Å². The highest BCUT2D eigenvalue weighted by atomic mass is 32.2. The molecule has 0 aliphatic carbocycles. The summed E-state index contributed by atoms with van der Waals surface area (Å²) >= 11 is 0. The number of alkyl halides is 3. The number of nitrogens with two attached hydrogens (primary N) is 1. The van der Waals surface area contributed by atoms with Gasteiger partial charge in [0.1, 0.15) is 18.1 Å². The summed E-state index contributed by atoms with van der Waals surface area (Å²) in [5.74, 6) is -0.859. The molecule has 1 saturated heterocycles. The maximum Gasteiger partial charge on any atom is 0.573 e. The Labute approximate surface area is 198 Å². The fourth-order valence-corrected chi connectivity index (χ4v) is 4.79. The van der Waals surface area contributed by atoms with E-state index < -0.39 is 28.4 Å². The van der Waals surface area contributed by atoms with Gasteiger partial charge in [-0.1, -0.05) is 12.1 Å². The normalized spacial score (nSPS) is 17.9. The molecule has 188 valence electrons. The summed E-state index contributed by atoms with van der Waals surface area (Å²) in [6.07, 6.45) is -3.73. The van der Waals surface area contributed by atoms with Crippen LogP contribution < -0.4 is 9.88 Å². The van der Waals surface area contributed by atoms with Gasteiger partial charge >= 0.3 is 12.5 Å². The van der Waals surface area contributed by atoms with Gasteiger partial charge < -0.3 is 23.8 Å². The lowest BCUT2D eigenvalue weighted by Gasteiger charge is -2.20. The van der Waals surface area contributed by atoms with Crippen molar-refractivity contribution in [3.63, 3.8) is 0 Å². The Kier molecular flexibility index (Phi) is 6.27. The van der Waals surface area contributed by atoms with Gasteiger partial charge in [-0.05, 0) is 35.4 Å². The average molecular weight is 514 g/mol. The molecule has 0 spiro atoms. The summed E-state index contributed by atoms with van der Waals surface area (Å²) in [5, 5.41) is 4.98. The predicted molar refractivity (Wildman–Crippen MR) is 114 cm³/mol. The molecule has 35 heavy (non-hydrogen) atoms. The molecule has 1 aromatic carbocycles. The van der Waals surface area contributed by atoms with Crippen LogP contribution in [-0.2, 0) is 28.4 Å². The zero-order valence-corrected chi connectivity index (χ0v) is 19.2. The first-order valence-electron chi connectivity index (χ1n) is 10.3. The molecule has 3 heterocycles. The third-order valence-electron chi connectivity index (χ3n) is 5.70. The van der Waals surface area contributed by atoms with Crippen LogP contribution in [0.5, 0.6) is 5.75 Å². The van der Waals surface area contributed by atoms with E-state index in [-0.39, 0.29) is 35.5 Å². The van der Waals surface area contributed by atoms with E-state index in [4.69, 9.17) is 9.88 Å². The molecular weight excluding hydrogens is 493 g/mol. The molecule has 0 unspecified atom stereocenters. The van der Waals surface area contributed by atoms with E-state index in [0.717, 1.165) is 17.7 Å². The Morgan fingerprint density at radius 3 is 2.37 bits per heavy atom. The molecule has 2 aromatic rings. The van der Waals surface area contributed by atoms with E-state index in [1.54, 1.807) is 6.20 Å². The minimum Gasteiger partial charge on any atom is -0.445 e. The summed E-state index contributed by atoms with van der Waals surface area (Å²) in [6.45, 7) is 0.758. The first kappa shape index (κ1) is 24.6. The molecule has 0 radical (unpaired) electrons. The molecule has 4 rings (SSSR count). The van der Waals surface area contributed by atoms with Crippen LogP contribution in [0, 0.1) is 5.92 Å². The Morgan fingerprint density at radius 2 is 1.80 bits per heavy atom. The quantitative estimate of drug-likeness (QED) is 0.652. The van der Waals surface area contributed by atoms with Gasteiger partial charge in [-0.15, -0.1) is 13.2 Å². The number of amides is 2. The van der Waals surface area contributed by atoms with Crippen molar-refractivity contribution in [3.05, 3.63) is 59.4 Å². The summed E-state index contributed by atoms with van der Waals surface area (Å²) in [5.41, 5.74) is 1.50. The molecule has 0 bridgehead atoms. The van der Waals surface area contributed by atoms with Crippen LogP contribution in [0.1, 0.15) is 16.1 Å². The van der Waals surface area contributed by atoms with Gasteiger partial charge in [0.15, 0.2) is 5.03 Å². The molecule has 2 aliphatic rings. The number of primary sulfonamides is 1. The monoisotopic (exact) mass is 514 g/mol. The van der Waals surface area contributed by atoms with Crippen LogP contribution in [0.15, 0.2) is 53.2 Å². The second-order valence-corrected chi connectivity index (χ2v) is 9.65. The lowest BCUT2D eigenvalue weighted by Crippen LogP contribution is -2.33. The number of hydrogen-bond donors (Lipinski definition) is 1. The Bertz CT molecular complexity index is 1290. The number of sulfonamides is 1. The van der Waals surface area contributed by atoms with Crippen LogP contribution in [0.25, 0.3) is 0 Å². The Balaban J connectivity index is 1.32. The van der Waals surface area contributed by atoms with Gasteiger partial charge in [0.05, 0.1) is 0 Å². The van der Waals surface area contributed by atoms with Crippen LogP contribution in [-0.4, -0.2) is 60.8 Å². The molecule has 1 atom stereocenters. The summed E-state index contributed by atoms with van der Waals surface area (Å²) < 4.78 is 70.2. The van der Waals surface area contributed by atoms with Crippen LogP contribution >= 0.6 is 0 Å². The summed E-state index contributed by atoms with van der Waals surface area (Å²) in [7, 11) is -2.53. The zero-order valence-electron chi connectivity index (χ0n) is 18.4. The fourth-order valence-electron chi connectivity index (χ4n) is 4.05. The van der Waals surface area contributed by atoms with Crippen molar-refractivity contribution in [2.75, 3.05) is 19.6 Å². The van der Waals surface area contributed by atoms with Crippen LogP contribution in [0.3, 0.4) is 0 Å². The molecule has 2 N–H and O–H groups in total. The SMILES string of the molecule is Cn1c(C(=O)N2C=C3CN(C(=O)OCc4ccc(OC(F)(F)F)cc4)C[C@@H]3C2)ccc1S(N)(=O)=O. The number of rotatable bonds is 5. The largest absolute Gasteiger partial charge is 0.573 e. The van der Waals surface area contributed by atoms with E-state index >= 15 is 0 Å². The zero-order chi connectivity index (χ0) is 25.5. The van der Waals surface area contributed by atoms with Crippen molar-refractivity contribution in [2.45, 2.75) is 18.0 Å². The molecule has 2 amide bonds. The number of nitrogens with zero attached hydrogens (tertiary/aromatic N) is 3. The van der Waals surface area contributed by atoms with Gasteiger partial charge in [-0.2, -0.15) is 0 Å². The van der Waals surface area contributed by atoms with Crippen molar-refractivity contribution >= 4 is 22.0 Å². The lowest BCUT2D eigenvalue weighted by molar-refractivity contribution is -0.274. The van der Waals surface area contributed by atoms with E-state index in [1.807, 2.05) is 0 Å². The standard InChI is InChI=1S/C21H21F3N4O6S/c1-26-17(6-7-18(26)35(25,31)32)19(29)27-8-14-10-28(11-15(14)9-27)20(30)33-12-13-2-4-16(5-3-13)34-21(22,23)24/h2-8,15H,9-12H2,1H3,(H2,25,31,32)/t15-/m0/s1. The molecule has 14 heteroatoms. The van der Waals surface area contributed by atoms with E-state index in [2.05, 4.69) is 4.74 Å². The van der Waals surface area contributed by atoms with Gasteiger partial charge in [-0.25, -0.2) is 18.4 Å². The van der Waals surface area contributed by atoms with E-state index in [1.165, 1.54) is 45.7 Å². The molecule has 1 aromatic heterocycles. The number of likely N-dealkylation sites (tertiary alicyclic amines) is 1. The van der Waals surface area contributed by atoms with Crippen molar-refractivity contribution in [1.82, 2.24) is 14.4 Å². The maximum atomic E-state index is 12.9. The average Bonchev–Trinajstić information content (AvgIpc) is 3.44. The van der Waals surface area contributed by atoms with Crippen molar-refractivity contribution in [2.24, 2.45) is 18.1 Å². The van der Waals surface area contributed by atoms with Crippen molar-refractivity contribution < 1.29 is 40.7 Å². The lowest BCUT2D eigenvalue weighted by atomic mass is 10.1. The highest BCUT2D eigenvalue weighted by molar-refractivity contribution is 7.89. The number of halogens is 3. The number of carbonyl (C=O) groups excluding carboxylic acids is 2. The minimum atomic E-state index is -4.79. The minimum absolute atomic E-state index is 0.0942. The summed E-state index contributed by atoms with van der Waals surface area (Å²) in [4.78, 5) is 28.2. The second-order valence-electron chi connectivity index (χ2n) is 8.15. The number of aromatic nitrogens is 1. The number of ether oxygens (including phenoxy) is 2. The van der Waals surface area contributed by atoms with Gasteiger partial charge in [0, 0.05) is 38.8 Å². The van der Waals surface area contributed by atoms with Crippen LogP contribution in [0.4, 0.5) is 18.0 Å². The fraction of sp³-hybridized carbons (Fsp3) is 0.333. The third-order valence-corrected chi connectivity index (χ3v) is 6.69. The molecule has 0 saturated carbocycles. The third kappa shape index (κ3) is 5.43. The topological polar surface area (TPSA) is 124 Å². The number of benzene rings is 1. The molecule has 10 nitrogen and oxygen atoms in total. The Morgan fingerprint density at radius 1 is 1.11 bits per heavy atom. The van der Waals surface area contributed by atoms with Crippen molar-refractivity contribution in [3.8, 4) is 5.75 Å². The van der Waals surface area contributed by atoms with E-state index in [9.17, 15) is 31.2 Å². The maximum absolute atomic E-state index is 12.9. The first-order chi connectivity index (χ1) is 16.3. The van der Waals surface area contributed by atoms with Gasteiger partial charge in [-0.3, -0.25) is 4.79 Å². The number of carbonyl (C=O) groups is 2. The predicted octanol–water partition coefficient (Wildman–Crippen LogP) is 2.18. The molecule has 2 aliphatic heterocycles. The second kappa shape index (κ2) is 8.92. The molecular formula is C21H21F3N4O6S. The number of hydrogen-bond acceptors (Lipinski definition) is 6. The highest BCUT2D eigenvalue weighted by Gasteiger charge is 2.38. The van der Waals surface area contributed by atoms with Crippen molar-refractivity contribution in [1.29, 1.82) is 0 Å². The smallest absolute Gasteiger partial charge is 0.445 e. The first-order valence-corrected chi connectivity index (χ1v) is 11.8.